The average molecular weight is 402 g/mol. The molecule has 0 saturated carbocycles. The molecule has 1 saturated heterocycles. The molecule has 0 atom stereocenters. The Balaban J connectivity index is 0.00000225. The number of rotatable bonds is 5. The molecular weight excluding hydrogens is 381 g/mol. The number of thiazole rings is 1. The normalized spacial score (nSPS) is 15.6. The molecular formula is C16H21Cl2N5OS. The van der Waals surface area contributed by atoms with Crippen LogP contribution in [-0.2, 0) is 11.3 Å². The summed E-state index contributed by atoms with van der Waals surface area (Å²) in [7, 11) is 0. The summed E-state index contributed by atoms with van der Waals surface area (Å²) in [6.45, 7) is 4.91. The quantitative estimate of drug-likeness (QED) is 0.804. The number of amides is 1. The van der Waals surface area contributed by atoms with Gasteiger partial charge in [-0.3, -0.25) is 14.6 Å². The van der Waals surface area contributed by atoms with E-state index in [2.05, 4.69) is 20.1 Å². The molecule has 1 aliphatic heterocycles. The molecule has 3 N–H and O–H groups in total. The molecule has 6 nitrogen and oxygen atoms in total. The van der Waals surface area contributed by atoms with Crippen molar-refractivity contribution in [2.45, 2.75) is 6.54 Å². The van der Waals surface area contributed by atoms with Gasteiger partial charge in [-0.2, -0.15) is 0 Å². The summed E-state index contributed by atoms with van der Waals surface area (Å²) in [5.41, 5.74) is 6.43. The number of hydrogen-bond acceptors (Lipinski definition) is 6. The first kappa shape index (κ1) is 19.9. The average Bonchev–Trinajstić information content (AvgIpc) is 2.96. The Morgan fingerprint density at radius 2 is 1.84 bits per heavy atom. The predicted molar refractivity (Wildman–Crippen MR) is 106 cm³/mol. The third-order valence-corrected chi connectivity index (χ3v) is 4.97. The summed E-state index contributed by atoms with van der Waals surface area (Å²) in [4.78, 5) is 21.9. The number of carbonyl (C=O) groups excluding carboxylic acids is 1. The number of benzene rings is 1. The zero-order valence-electron chi connectivity index (χ0n) is 13.7. The van der Waals surface area contributed by atoms with Gasteiger partial charge in [-0.25, -0.2) is 4.98 Å². The highest BCUT2D eigenvalue weighted by Crippen LogP contribution is 2.17. The van der Waals surface area contributed by atoms with Gasteiger partial charge in [0.15, 0.2) is 5.13 Å². The second-order valence-electron chi connectivity index (χ2n) is 5.77. The van der Waals surface area contributed by atoms with Gasteiger partial charge in [-0.05, 0) is 24.3 Å². The summed E-state index contributed by atoms with van der Waals surface area (Å²) >= 11 is 7.37. The van der Waals surface area contributed by atoms with Gasteiger partial charge in [0.2, 0.25) is 5.91 Å². The zero-order valence-corrected chi connectivity index (χ0v) is 16.0. The van der Waals surface area contributed by atoms with Crippen molar-refractivity contribution in [2.75, 3.05) is 43.8 Å². The van der Waals surface area contributed by atoms with Crippen molar-refractivity contribution in [3.8, 4) is 0 Å². The van der Waals surface area contributed by atoms with Crippen molar-refractivity contribution in [1.29, 1.82) is 0 Å². The Labute approximate surface area is 162 Å². The van der Waals surface area contributed by atoms with Gasteiger partial charge in [0, 0.05) is 54.5 Å². The maximum absolute atomic E-state index is 12.1. The van der Waals surface area contributed by atoms with Crippen molar-refractivity contribution in [3.05, 3.63) is 40.4 Å². The number of nitrogen functional groups attached to an aromatic ring is 1. The summed E-state index contributed by atoms with van der Waals surface area (Å²) in [6, 6.07) is 7.14. The van der Waals surface area contributed by atoms with Crippen LogP contribution in [0.2, 0.25) is 5.02 Å². The van der Waals surface area contributed by atoms with Gasteiger partial charge in [0.1, 0.15) is 0 Å². The van der Waals surface area contributed by atoms with Gasteiger partial charge in [0.05, 0.1) is 6.54 Å². The van der Waals surface area contributed by atoms with Crippen molar-refractivity contribution in [1.82, 2.24) is 14.8 Å². The topological polar surface area (TPSA) is 74.5 Å². The number of nitrogens with two attached hydrogens (primary N) is 1. The fraction of sp³-hybridized carbons (Fsp3) is 0.375. The Kier molecular flexibility index (Phi) is 7.46. The molecule has 2 aromatic rings. The van der Waals surface area contributed by atoms with E-state index in [1.165, 1.54) is 16.2 Å². The SMILES string of the molecule is Cl.Nc1ncc(CN2CCN(CC(=O)Nc3ccc(Cl)cc3)CC2)s1. The molecule has 1 amide bonds. The van der Waals surface area contributed by atoms with E-state index < -0.39 is 0 Å². The van der Waals surface area contributed by atoms with E-state index >= 15 is 0 Å². The number of nitrogens with one attached hydrogen (secondary N) is 1. The van der Waals surface area contributed by atoms with E-state index in [-0.39, 0.29) is 18.3 Å². The highest BCUT2D eigenvalue weighted by Gasteiger charge is 2.19. The minimum atomic E-state index is 0. The second-order valence-corrected chi connectivity index (χ2v) is 7.36. The molecule has 1 aliphatic rings. The summed E-state index contributed by atoms with van der Waals surface area (Å²) < 4.78 is 0. The Bertz CT molecular complexity index is 686. The minimum absolute atomic E-state index is 0. The highest BCUT2D eigenvalue weighted by atomic mass is 35.5. The predicted octanol–water partition coefficient (Wildman–Crippen LogP) is 2.56. The van der Waals surface area contributed by atoms with Gasteiger partial charge in [-0.15, -0.1) is 23.7 Å². The number of hydrogen-bond donors (Lipinski definition) is 2. The fourth-order valence-electron chi connectivity index (χ4n) is 2.66. The van der Waals surface area contributed by atoms with Crippen LogP contribution < -0.4 is 11.1 Å². The molecule has 9 heteroatoms. The third kappa shape index (κ3) is 6.13. The first-order valence-corrected chi connectivity index (χ1v) is 8.98. The van der Waals surface area contributed by atoms with E-state index in [0.717, 1.165) is 38.4 Å². The van der Waals surface area contributed by atoms with E-state index in [9.17, 15) is 4.79 Å². The number of carbonyl (C=O) groups is 1. The molecule has 0 aliphatic carbocycles. The van der Waals surface area contributed by atoms with E-state index in [4.69, 9.17) is 17.3 Å². The minimum Gasteiger partial charge on any atom is -0.375 e. The van der Waals surface area contributed by atoms with Crippen LogP contribution in [0.25, 0.3) is 0 Å². The number of aromatic nitrogens is 1. The lowest BCUT2D eigenvalue weighted by Gasteiger charge is -2.33. The van der Waals surface area contributed by atoms with Crippen LogP contribution in [-0.4, -0.2) is 53.4 Å². The molecule has 0 unspecified atom stereocenters. The lowest BCUT2D eigenvalue weighted by atomic mass is 10.3. The van der Waals surface area contributed by atoms with Crippen molar-refractivity contribution < 1.29 is 4.79 Å². The van der Waals surface area contributed by atoms with Crippen LogP contribution in [0.3, 0.4) is 0 Å². The van der Waals surface area contributed by atoms with Gasteiger partial charge >= 0.3 is 0 Å². The van der Waals surface area contributed by atoms with Crippen LogP contribution in [0.5, 0.6) is 0 Å². The molecule has 0 bridgehead atoms. The van der Waals surface area contributed by atoms with E-state index in [1.54, 1.807) is 24.3 Å². The third-order valence-electron chi connectivity index (χ3n) is 3.91. The number of nitrogens with zero attached hydrogens (tertiary/aromatic N) is 3. The van der Waals surface area contributed by atoms with Crippen molar-refractivity contribution in [2.24, 2.45) is 0 Å². The molecule has 1 aromatic carbocycles. The zero-order chi connectivity index (χ0) is 16.9. The molecule has 25 heavy (non-hydrogen) atoms. The first-order valence-electron chi connectivity index (χ1n) is 7.79. The van der Waals surface area contributed by atoms with Crippen LogP contribution in [0.15, 0.2) is 30.5 Å². The van der Waals surface area contributed by atoms with E-state index in [1.807, 2.05) is 6.20 Å². The monoisotopic (exact) mass is 401 g/mol. The van der Waals surface area contributed by atoms with Crippen molar-refractivity contribution >= 4 is 52.1 Å². The van der Waals surface area contributed by atoms with Crippen LogP contribution in [0.1, 0.15) is 4.88 Å². The number of piperazine rings is 1. The molecule has 0 radical (unpaired) electrons. The Morgan fingerprint density at radius 3 is 2.44 bits per heavy atom. The maximum Gasteiger partial charge on any atom is 0.238 e. The lowest BCUT2D eigenvalue weighted by Crippen LogP contribution is -2.48. The Morgan fingerprint density at radius 1 is 1.20 bits per heavy atom. The Hall–Kier alpha value is -1.38. The van der Waals surface area contributed by atoms with E-state index in [0.29, 0.717) is 16.7 Å². The molecule has 1 aromatic heterocycles. The summed E-state index contributed by atoms with van der Waals surface area (Å²) in [6.07, 6.45) is 1.84. The van der Waals surface area contributed by atoms with Gasteiger partial charge < -0.3 is 11.1 Å². The molecule has 2 heterocycles. The van der Waals surface area contributed by atoms with Crippen molar-refractivity contribution in [3.63, 3.8) is 0 Å². The van der Waals surface area contributed by atoms with Gasteiger partial charge in [-0.1, -0.05) is 11.6 Å². The number of halogens is 2. The highest BCUT2D eigenvalue weighted by molar-refractivity contribution is 7.15. The van der Waals surface area contributed by atoms with Crippen LogP contribution in [0, 0.1) is 0 Å². The largest absolute Gasteiger partial charge is 0.375 e. The summed E-state index contributed by atoms with van der Waals surface area (Å²) in [5.74, 6) is 0.000929. The maximum atomic E-state index is 12.1. The standard InChI is InChI=1S/C16H20ClN5OS.ClH/c17-12-1-3-13(4-2-12)20-15(23)11-22-7-5-21(6-8-22)10-14-9-19-16(18)24-14;/h1-4,9H,5-8,10-11H2,(H2,18,19)(H,20,23);1H. The van der Waals surface area contributed by atoms with Crippen LogP contribution in [0.4, 0.5) is 10.8 Å². The lowest BCUT2D eigenvalue weighted by molar-refractivity contribution is -0.117. The molecule has 3 rings (SSSR count). The summed E-state index contributed by atoms with van der Waals surface area (Å²) in [5, 5.41) is 4.17. The molecule has 136 valence electrons. The smallest absolute Gasteiger partial charge is 0.238 e. The first-order chi connectivity index (χ1) is 11.6. The van der Waals surface area contributed by atoms with Gasteiger partial charge in [0.25, 0.3) is 0 Å². The molecule has 0 spiro atoms. The van der Waals surface area contributed by atoms with Crippen LogP contribution >= 0.6 is 35.3 Å². The fourth-order valence-corrected chi connectivity index (χ4v) is 3.51. The number of anilines is 2. The second kappa shape index (κ2) is 9.35. The molecule has 1 fully saturated rings.